The lowest BCUT2D eigenvalue weighted by Crippen LogP contribution is -2.11. The quantitative estimate of drug-likeness (QED) is 0.880. The van der Waals surface area contributed by atoms with Crippen molar-refractivity contribution in [1.29, 1.82) is 0 Å². The maximum atomic E-state index is 13.0. The van der Waals surface area contributed by atoms with Crippen LogP contribution in [0.4, 0.5) is 8.78 Å². The van der Waals surface area contributed by atoms with Crippen LogP contribution >= 0.6 is 23.7 Å². The van der Waals surface area contributed by atoms with Crippen molar-refractivity contribution in [2.75, 3.05) is 0 Å². The Morgan fingerprint density at radius 2 is 1.81 bits per heavy atom. The molecule has 0 unspecified atom stereocenters. The van der Waals surface area contributed by atoms with Crippen molar-refractivity contribution in [3.63, 3.8) is 0 Å². The minimum absolute atomic E-state index is 0. The molecule has 0 saturated carbocycles. The normalized spacial score (nSPS) is 11.9. The lowest BCUT2D eigenvalue weighted by Gasteiger charge is -2.10. The summed E-state index contributed by atoms with van der Waals surface area (Å²) in [6.45, 7) is 0. The molecule has 0 aliphatic carbocycles. The lowest BCUT2D eigenvalue weighted by molar-refractivity contribution is 0.506. The van der Waals surface area contributed by atoms with Crippen LogP contribution in [0.2, 0.25) is 0 Å². The fourth-order valence-corrected chi connectivity index (χ4v) is 2.05. The molecule has 1 nitrogen and oxygen atoms in total. The van der Waals surface area contributed by atoms with E-state index >= 15 is 0 Å². The lowest BCUT2D eigenvalue weighted by atomic mass is 10.0. The molecule has 16 heavy (non-hydrogen) atoms. The molecule has 1 heterocycles. The summed E-state index contributed by atoms with van der Waals surface area (Å²) in [5.41, 5.74) is 7.38. The summed E-state index contributed by atoms with van der Waals surface area (Å²) < 4.78 is 25.6. The van der Waals surface area contributed by atoms with E-state index in [9.17, 15) is 8.78 Å². The van der Waals surface area contributed by atoms with E-state index in [2.05, 4.69) is 0 Å². The Kier molecular flexibility index (Phi) is 4.41. The molecule has 1 aromatic heterocycles. The third-order valence-electron chi connectivity index (χ3n) is 2.21. The molecular weight excluding hydrogens is 252 g/mol. The summed E-state index contributed by atoms with van der Waals surface area (Å²) in [6.07, 6.45) is 0. The fraction of sp³-hybridized carbons (Fsp3) is 0.0909. The van der Waals surface area contributed by atoms with Crippen LogP contribution in [0.3, 0.4) is 0 Å². The molecule has 1 atom stereocenters. The van der Waals surface area contributed by atoms with Crippen molar-refractivity contribution in [1.82, 2.24) is 0 Å². The van der Waals surface area contributed by atoms with Gasteiger partial charge in [-0.3, -0.25) is 0 Å². The van der Waals surface area contributed by atoms with Gasteiger partial charge in [0.15, 0.2) is 11.6 Å². The molecule has 0 radical (unpaired) electrons. The monoisotopic (exact) mass is 261 g/mol. The van der Waals surface area contributed by atoms with Gasteiger partial charge in [-0.25, -0.2) is 8.78 Å². The topological polar surface area (TPSA) is 26.0 Å². The summed E-state index contributed by atoms with van der Waals surface area (Å²) >= 11 is 1.52. The molecular formula is C11H10ClF2NS. The van der Waals surface area contributed by atoms with Gasteiger partial charge in [0.2, 0.25) is 0 Å². The molecule has 86 valence electrons. The van der Waals surface area contributed by atoms with E-state index in [1.54, 1.807) is 0 Å². The highest BCUT2D eigenvalue weighted by atomic mass is 35.5. The third kappa shape index (κ3) is 2.58. The van der Waals surface area contributed by atoms with Crippen LogP contribution in [0.15, 0.2) is 35.0 Å². The Balaban J connectivity index is 0.00000128. The summed E-state index contributed by atoms with van der Waals surface area (Å²) in [6, 6.07) is 5.21. The first kappa shape index (κ1) is 13.1. The van der Waals surface area contributed by atoms with E-state index in [4.69, 9.17) is 5.73 Å². The van der Waals surface area contributed by atoms with Crippen LogP contribution in [-0.4, -0.2) is 0 Å². The zero-order chi connectivity index (χ0) is 10.8. The Morgan fingerprint density at radius 1 is 1.06 bits per heavy atom. The minimum atomic E-state index is -0.863. The maximum absolute atomic E-state index is 13.0. The molecule has 0 fully saturated rings. The number of benzene rings is 1. The zero-order valence-electron chi connectivity index (χ0n) is 8.19. The molecule has 0 bridgehead atoms. The number of rotatable bonds is 2. The third-order valence-corrected chi connectivity index (χ3v) is 2.91. The van der Waals surface area contributed by atoms with Crippen molar-refractivity contribution in [3.05, 3.63) is 57.8 Å². The molecule has 0 spiro atoms. The average molecular weight is 262 g/mol. The highest BCUT2D eigenvalue weighted by Gasteiger charge is 2.11. The van der Waals surface area contributed by atoms with Gasteiger partial charge in [-0.15, -0.1) is 12.4 Å². The second-order valence-electron chi connectivity index (χ2n) is 3.21. The predicted molar refractivity (Wildman–Crippen MR) is 64.0 cm³/mol. The minimum Gasteiger partial charge on any atom is -0.320 e. The first-order chi connectivity index (χ1) is 7.18. The number of hydrogen-bond donors (Lipinski definition) is 1. The second kappa shape index (κ2) is 5.39. The molecule has 1 aromatic carbocycles. The molecule has 2 N–H and O–H groups in total. The zero-order valence-corrected chi connectivity index (χ0v) is 9.82. The summed E-state index contributed by atoms with van der Waals surface area (Å²) in [4.78, 5) is 0. The van der Waals surface area contributed by atoms with Gasteiger partial charge in [-0.05, 0) is 40.1 Å². The first-order valence-corrected chi connectivity index (χ1v) is 5.35. The van der Waals surface area contributed by atoms with Crippen LogP contribution in [0.5, 0.6) is 0 Å². The highest BCUT2D eigenvalue weighted by molar-refractivity contribution is 7.08. The van der Waals surface area contributed by atoms with E-state index in [-0.39, 0.29) is 12.4 Å². The van der Waals surface area contributed by atoms with Gasteiger partial charge >= 0.3 is 0 Å². The Morgan fingerprint density at radius 3 is 2.38 bits per heavy atom. The van der Waals surface area contributed by atoms with Crippen molar-refractivity contribution < 1.29 is 8.78 Å². The van der Waals surface area contributed by atoms with Crippen LogP contribution in [0, 0.1) is 11.6 Å². The molecule has 0 aliphatic heterocycles. The Bertz CT molecular complexity index is 459. The van der Waals surface area contributed by atoms with E-state index in [0.29, 0.717) is 5.56 Å². The Labute approximate surface area is 102 Å². The highest BCUT2D eigenvalue weighted by Crippen LogP contribution is 2.22. The molecule has 0 aliphatic rings. The van der Waals surface area contributed by atoms with Gasteiger partial charge in [0.25, 0.3) is 0 Å². The summed E-state index contributed by atoms with van der Waals surface area (Å²) in [5.74, 6) is -1.71. The standard InChI is InChI=1S/C11H9F2NS.ClH/c12-9-2-1-7(5-10(9)13)11(14)8-3-4-15-6-8;/h1-6,11H,14H2;1H/t11-;/m1./s1. The molecule has 0 saturated heterocycles. The van der Waals surface area contributed by atoms with Crippen molar-refractivity contribution in [3.8, 4) is 0 Å². The van der Waals surface area contributed by atoms with Gasteiger partial charge in [-0.1, -0.05) is 6.07 Å². The smallest absolute Gasteiger partial charge is 0.159 e. The summed E-state index contributed by atoms with van der Waals surface area (Å²) in [5, 5.41) is 3.79. The van der Waals surface area contributed by atoms with E-state index in [1.165, 1.54) is 17.4 Å². The predicted octanol–water partition coefficient (Wildman–Crippen LogP) is 3.50. The SMILES string of the molecule is Cl.N[C@@H](c1ccsc1)c1ccc(F)c(F)c1. The number of halogens is 3. The first-order valence-electron chi connectivity index (χ1n) is 4.41. The fourth-order valence-electron chi connectivity index (χ4n) is 1.35. The molecule has 0 amide bonds. The van der Waals surface area contributed by atoms with Gasteiger partial charge in [0.1, 0.15) is 0 Å². The van der Waals surface area contributed by atoms with Crippen molar-refractivity contribution in [2.45, 2.75) is 6.04 Å². The number of thiophene rings is 1. The largest absolute Gasteiger partial charge is 0.320 e. The second-order valence-corrected chi connectivity index (χ2v) is 3.99. The van der Waals surface area contributed by atoms with Gasteiger partial charge in [-0.2, -0.15) is 11.3 Å². The number of hydrogen-bond acceptors (Lipinski definition) is 2. The molecule has 5 heteroatoms. The molecule has 2 rings (SSSR count). The van der Waals surface area contributed by atoms with Gasteiger partial charge in [0, 0.05) is 0 Å². The van der Waals surface area contributed by atoms with Gasteiger partial charge in [0.05, 0.1) is 6.04 Å². The maximum Gasteiger partial charge on any atom is 0.159 e. The van der Waals surface area contributed by atoms with E-state index in [1.807, 2.05) is 16.8 Å². The van der Waals surface area contributed by atoms with Crippen molar-refractivity contribution >= 4 is 23.7 Å². The van der Waals surface area contributed by atoms with Crippen LogP contribution < -0.4 is 5.73 Å². The van der Waals surface area contributed by atoms with Crippen LogP contribution in [-0.2, 0) is 0 Å². The summed E-state index contributed by atoms with van der Waals surface area (Å²) in [7, 11) is 0. The van der Waals surface area contributed by atoms with Gasteiger partial charge < -0.3 is 5.73 Å². The van der Waals surface area contributed by atoms with E-state index < -0.39 is 17.7 Å². The average Bonchev–Trinajstić information content (AvgIpc) is 2.74. The number of nitrogens with two attached hydrogens (primary N) is 1. The van der Waals surface area contributed by atoms with Crippen LogP contribution in [0.25, 0.3) is 0 Å². The Hall–Kier alpha value is -0.970. The van der Waals surface area contributed by atoms with Crippen LogP contribution in [0.1, 0.15) is 17.2 Å². The van der Waals surface area contributed by atoms with E-state index in [0.717, 1.165) is 17.7 Å². The van der Waals surface area contributed by atoms with Crippen molar-refractivity contribution in [2.24, 2.45) is 5.73 Å². The molecule has 2 aromatic rings.